The number of hydrogen-bond donors (Lipinski definition) is 1. The van der Waals surface area contributed by atoms with E-state index in [-0.39, 0.29) is 0 Å². The minimum Gasteiger partial charge on any atom is -0.315 e. The Morgan fingerprint density at radius 2 is 2.17 bits per heavy atom. The van der Waals surface area contributed by atoms with E-state index in [4.69, 9.17) is 0 Å². The maximum absolute atomic E-state index is 3.40. The molecule has 0 aromatic rings. The SMILES string of the molecule is CC/C=C/CN1CCCNCC1. The highest BCUT2D eigenvalue weighted by molar-refractivity contribution is 4.84. The molecular formula is C10H20N2. The Kier molecular flexibility index (Phi) is 5.04. The van der Waals surface area contributed by atoms with Crippen LogP contribution < -0.4 is 5.32 Å². The molecule has 0 aliphatic carbocycles. The lowest BCUT2D eigenvalue weighted by Crippen LogP contribution is -2.28. The zero-order valence-corrected chi connectivity index (χ0v) is 8.05. The van der Waals surface area contributed by atoms with Gasteiger partial charge in [0.25, 0.3) is 0 Å². The predicted molar refractivity (Wildman–Crippen MR) is 53.4 cm³/mol. The Labute approximate surface area is 75.6 Å². The molecule has 1 saturated heterocycles. The van der Waals surface area contributed by atoms with E-state index in [1.807, 2.05) is 0 Å². The monoisotopic (exact) mass is 168 g/mol. The van der Waals surface area contributed by atoms with Crippen LogP contribution in [0.15, 0.2) is 12.2 Å². The van der Waals surface area contributed by atoms with Crippen molar-refractivity contribution in [3.63, 3.8) is 0 Å². The van der Waals surface area contributed by atoms with Crippen LogP contribution in [0.5, 0.6) is 0 Å². The maximum atomic E-state index is 3.40. The second-order valence-electron chi connectivity index (χ2n) is 3.28. The molecule has 0 aromatic heterocycles. The van der Waals surface area contributed by atoms with Crippen molar-refractivity contribution in [3.8, 4) is 0 Å². The van der Waals surface area contributed by atoms with Gasteiger partial charge in [-0.25, -0.2) is 0 Å². The van der Waals surface area contributed by atoms with Gasteiger partial charge in [-0.05, 0) is 25.9 Å². The summed E-state index contributed by atoms with van der Waals surface area (Å²) in [6, 6.07) is 0. The first-order valence-electron chi connectivity index (χ1n) is 5.01. The average Bonchev–Trinajstić information content (AvgIpc) is 2.33. The Balaban J connectivity index is 2.16. The lowest BCUT2D eigenvalue weighted by Gasteiger charge is -2.16. The van der Waals surface area contributed by atoms with E-state index in [1.165, 1.54) is 26.1 Å². The summed E-state index contributed by atoms with van der Waals surface area (Å²) in [5.74, 6) is 0. The van der Waals surface area contributed by atoms with Crippen LogP contribution in [-0.4, -0.2) is 37.6 Å². The van der Waals surface area contributed by atoms with Gasteiger partial charge in [0.2, 0.25) is 0 Å². The highest BCUT2D eigenvalue weighted by Gasteiger charge is 2.05. The topological polar surface area (TPSA) is 15.3 Å². The van der Waals surface area contributed by atoms with Gasteiger partial charge in [0, 0.05) is 19.6 Å². The molecule has 1 N–H and O–H groups in total. The third kappa shape index (κ3) is 3.88. The van der Waals surface area contributed by atoms with Gasteiger partial charge in [-0.1, -0.05) is 19.1 Å². The van der Waals surface area contributed by atoms with Crippen molar-refractivity contribution in [2.75, 3.05) is 32.7 Å². The van der Waals surface area contributed by atoms with Crippen molar-refractivity contribution in [3.05, 3.63) is 12.2 Å². The van der Waals surface area contributed by atoms with Crippen LogP contribution in [0, 0.1) is 0 Å². The van der Waals surface area contributed by atoms with E-state index < -0.39 is 0 Å². The van der Waals surface area contributed by atoms with Gasteiger partial charge in [0.05, 0.1) is 0 Å². The smallest absolute Gasteiger partial charge is 0.0163 e. The van der Waals surface area contributed by atoms with E-state index in [0.717, 1.165) is 19.5 Å². The zero-order chi connectivity index (χ0) is 8.65. The molecule has 2 heteroatoms. The highest BCUT2D eigenvalue weighted by atomic mass is 15.1. The summed E-state index contributed by atoms with van der Waals surface area (Å²) < 4.78 is 0. The van der Waals surface area contributed by atoms with Crippen LogP contribution in [0.4, 0.5) is 0 Å². The minimum absolute atomic E-state index is 1.13. The van der Waals surface area contributed by atoms with Crippen molar-refractivity contribution < 1.29 is 0 Å². The fraction of sp³-hybridized carbons (Fsp3) is 0.800. The minimum atomic E-state index is 1.13. The average molecular weight is 168 g/mol. The lowest BCUT2D eigenvalue weighted by molar-refractivity contribution is 0.324. The predicted octanol–water partition coefficient (Wildman–Crippen LogP) is 1.25. The Bertz CT molecular complexity index is 124. The summed E-state index contributed by atoms with van der Waals surface area (Å²) in [5.41, 5.74) is 0. The molecule has 70 valence electrons. The van der Waals surface area contributed by atoms with E-state index in [1.54, 1.807) is 0 Å². The largest absolute Gasteiger partial charge is 0.315 e. The molecule has 0 unspecified atom stereocenters. The third-order valence-electron chi connectivity index (χ3n) is 2.20. The molecule has 0 radical (unpaired) electrons. The van der Waals surface area contributed by atoms with E-state index in [2.05, 4.69) is 29.3 Å². The molecule has 0 bridgehead atoms. The van der Waals surface area contributed by atoms with Crippen LogP contribution in [0.2, 0.25) is 0 Å². The van der Waals surface area contributed by atoms with Crippen LogP contribution >= 0.6 is 0 Å². The summed E-state index contributed by atoms with van der Waals surface area (Å²) in [5, 5.41) is 3.40. The van der Waals surface area contributed by atoms with Crippen molar-refractivity contribution >= 4 is 0 Å². The molecule has 1 aliphatic heterocycles. The van der Waals surface area contributed by atoms with Gasteiger partial charge in [-0.3, -0.25) is 4.90 Å². The highest BCUT2D eigenvalue weighted by Crippen LogP contribution is 1.95. The summed E-state index contributed by atoms with van der Waals surface area (Å²) in [7, 11) is 0. The summed E-state index contributed by atoms with van der Waals surface area (Å²) >= 11 is 0. The molecule has 1 aliphatic rings. The maximum Gasteiger partial charge on any atom is 0.0163 e. The first kappa shape index (κ1) is 9.75. The van der Waals surface area contributed by atoms with Gasteiger partial charge in [-0.2, -0.15) is 0 Å². The van der Waals surface area contributed by atoms with Crippen molar-refractivity contribution in [2.24, 2.45) is 0 Å². The quantitative estimate of drug-likeness (QED) is 0.638. The zero-order valence-electron chi connectivity index (χ0n) is 8.05. The number of nitrogens with zero attached hydrogens (tertiary/aromatic N) is 1. The number of hydrogen-bond acceptors (Lipinski definition) is 2. The normalized spacial score (nSPS) is 21.4. The summed E-state index contributed by atoms with van der Waals surface area (Å²) in [6.07, 6.45) is 6.98. The second kappa shape index (κ2) is 6.21. The fourth-order valence-electron chi connectivity index (χ4n) is 1.47. The molecule has 1 heterocycles. The Morgan fingerprint density at radius 1 is 1.25 bits per heavy atom. The van der Waals surface area contributed by atoms with E-state index in [0.29, 0.717) is 0 Å². The summed E-state index contributed by atoms with van der Waals surface area (Å²) in [4.78, 5) is 2.51. The van der Waals surface area contributed by atoms with E-state index >= 15 is 0 Å². The molecule has 12 heavy (non-hydrogen) atoms. The van der Waals surface area contributed by atoms with Crippen molar-refractivity contribution in [1.82, 2.24) is 10.2 Å². The molecular weight excluding hydrogens is 148 g/mol. The fourth-order valence-corrected chi connectivity index (χ4v) is 1.47. The standard InChI is InChI=1S/C10H20N2/c1-2-3-4-8-12-9-5-6-11-7-10-12/h3-4,11H,2,5-10H2,1H3/b4-3+. The summed E-state index contributed by atoms with van der Waals surface area (Å²) in [6.45, 7) is 8.11. The first-order chi connectivity index (χ1) is 5.93. The number of nitrogens with one attached hydrogen (secondary N) is 1. The van der Waals surface area contributed by atoms with Gasteiger partial charge < -0.3 is 5.32 Å². The molecule has 1 rings (SSSR count). The molecule has 0 saturated carbocycles. The van der Waals surface area contributed by atoms with E-state index in [9.17, 15) is 0 Å². The Morgan fingerprint density at radius 3 is 3.00 bits per heavy atom. The Hall–Kier alpha value is -0.340. The van der Waals surface area contributed by atoms with Crippen LogP contribution in [0.25, 0.3) is 0 Å². The first-order valence-corrected chi connectivity index (χ1v) is 5.01. The van der Waals surface area contributed by atoms with Crippen molar-refractivity contribution in [1.29, 1.82) is 0 Å². The van der Waals surface area contributed by atoms with Gasteiger partial charge in [0.15, 0.2) is 0 Å². The van der Waals surface area contributed by atoms with Crippen LogP contribution in [0.3, 0.4) is 0 Å². The molecule has 0 amide bonds. The third-order valence-corrected chi connectivity index (χ3v) is 2.20. The van der Waals surface area contributed by atoms with Gasteiger partial charge in [-0.15, -0.1) is 0 Å². The molecule has 1 fully saturated rings. The molecule has 0 aromatic carbocycles. The van der Waals surface area contributed by atoms with Gasteiger partial charge in [0.1, 0.15) is 0 Å². The van der Waals surface area contributed by atoms with Crippen molar-refractivity contribution in [2.45, 2.75) is 19.8 Å². The molecule has 2 nitrogen and oxygen atoms in total. The van der Waals surface area contributed by atoms with Crippen LogP contribution in [-0.2, 0) is 0 Å². The number of allylic oxidation sites excluding steroid dienone is 1. The lowest BCUT2D eigenvalue weighted by atomic mass is 10.3. The van der Waals surface area contributed by atoms with Gasteiger partial charge >= 0.3 is 0 Å². The number of rotatable bonds is 3. The second-order valence-corrected chi connectivity index (χ2v) is 3.28. The molecule has 0 spiro atoms. The van der Waals surface area contributed by atoms with Crippen LogP contribution in [0.1, 0.15) is 19.8 Å². The molecule has 0 atom stereocenters.